The lowest BCUT2D eigenvalue weighted by molar-refractivity contribution is 0.0955. The Balaban J connectivity index is 2.03. The molecule has 0 heterocycles. The molecule has 0 aliphatic heterocycles. The molecule has 0 aliphatic carbocycles. The largest absolute Gasteiger partial charge is 0.357 e. The highest BCUT2D eigenvalue weighted by molar-refractivity contribution is 6.31. The van der Waals surface area contributed by atoms with Crippen LogP contribution in [0.5, 0.6) is 0 Å². The van der Waals surface area contributed by atoms with Gasteiger partial charge in [-0.15, -0.1) is 0 Å². The lowest BCUT2D eigenvalue weighted by atomic mass is 10.1. The van der Waals surface area contributed by atoms with Gasteiger partial charge in [0.05, 0.1) is 6.54 Å². The molecular weight excluding hydrogens is 348 g/mol. The van der Waals surface area contributed by atoms with E-state index in [0.717, 1.165) is 22.7 Å². The number of rotatable bonds is 7. The number of hydrogen-bond donors (Lipinski definition) is 3. The van der Waals surface area contributed by atoms with E-state index in [1.807, 2.05) is 56.3 Å². The number of carbonyl (C=O) groups excluding carboxylic acids is 1. The van der Waals surface area contributed by atoms with Crippen LogP contribution in [0.1, 0.15) is 35.3 Å². The van der Waals surface area contributed by atoms with Gasteiger partial charge in [0.1, 0.15) is 0 Å². The molecule has 0 saturated carbocycles. The Bertz CT molecular complexity index is 761. The number of benzene rings is 2. The SMILES string of the molecule is CCNC(=O)c1cccc(CN=C(NCC)NCc2ccccc2Cl)c1. The van der Waals surface area contributed by atoms with Crippen molar-refractivity contribution in [2.24, 2.45) is 4.99 Å². The number of nitrogens with one attached hydrogen (secondary N) is 3. The molecule has 0 radical (unpaired) electrons. The molecule has 0 atom stereocenters. The van der Waals surface area contributed by atoms with Crippen molar-refractivity contribution in [3.8, 4) is 0 Å². The highest BCUT2D eigenvalue weighted by Crippen LogP contribution is 2.14. The van der Waals surface area contributed by atoms with E-state index in [1.54, 1.807) is 6.07 Å². The Hall–Kier alpha value is -2.53. The van der Waals surface area contributed by atoms with Crippen molar-refractivity contribution in [3.63, 3.8) is 0 Å². The van der Waals surface area contributed by atoms with Crippen LogP contribution in [0.2, 0.25) is 5.02 Å². The zero-order valence-electron chi connectivity index (χ0n) is 15.2. The second kappa shape index (κ2) is 10.5. The van der Waals surface area contributed by atoms with Crippen molar-refractivity contribution >= 4 is 23.5 Å². The Kier molecular flexibility index (Phi) is 7.96. The Morgan fingerprint density at radius 2 is 1.77 bits per heavy atom. The summed E-state index contributed by atoms with van der Waals surface area (Å²) in [5.74, 6) is 0.637. The molecule has 0 aromatic heterocycles. The van der Waals surface area contributed by atoms with Gasteiger partial charge in [0.2, 0.25) is 0 Å². The number of guanidine groups is 1. The molecule has 0 fully saturated rings. The van der Waals surface area contributed by atoms with E-state index in [9.17, 15) is 4.79 Å². The van der Waals surface area contributed by atoms with E-state index < -0.39 is 0 Å². The first-order valence-corrected chi connectivity index (χ1v) is 9.14. The number of halogens is 1. The second-order valence-corrected chi connectivity index (χ2v) is 6.11. The zero-order valence-corrected chi connectivity index (χ0v) is 15.9. The van der Waals surface area contributed by atoms with Crippen molar-refractivity contribution in [2.75, 3.05) is 13.1 Å². The van der Waals surface area contributed by atoms with Crippen LogP contribution in [-0.4, -0.2) is 25.0 Å². The molecule has 26 heavy (non-hydrogen) atoms. The molecular formula is C20H25ClN4O. The molecule has 0 saturated heterocycles. The molecule has 5 nitrogen and oxygen atoms in total. The minimum absolute atomic E-state index is 0.0675. The summed E-state index contributed by atoms with van der Waals surface area (Å²) in [6, 6.07) is 15.2. The average molecular weight is 373 g/mol. The van der Waals surface area contributed by atoms with Gasteiger partial charge in [-0.25, -0.2) is 4.99 Å². The maximum absolute atomic E-state index is 11.9. The summed E-state index contributed by atoms with van der Waals surface area (Å²) in [6.07, 6.45) is 0. The van der Waals surface area contributed by atoms with Crippen molar-refractivity contribution < 1.29 is 4.79 Å². The van der Waals surface area contributed by atoms with Gasteiger partial charge in [-0.05, 0) is 43.2 Å². The average Bonchev–Trinajstić information content (AvgIpc) is 2.65. The monoisotopic (exact) mass is 372 g/mol. The molecule has 2 aromatic rings. The molecule has 2 rings (SSSR count). The third kappa shape index (κ3) is 6.08. The maximum atomic E-state index is 11.9. The van der Waals surface area contributed by atoms with Gasteiger partial charge in [0.15, 0.2) is 5.96 Å². The van der Waals surface area contributed by atoms with Gasteiger partial charge in [-0.3, -0.25) is 4.79 Å². The third-order valence-electron chi connectivity index (χ3n) is 3.69. The summed E-state index contributed by atoms with van der Waals surface area (Å²) in [6.45, 7) is 6.35. The van der Waals surface area contributed by atoms with Crippen molar-refractivity contribution in [1.82, 2.24) is 16.0 Å². The van der Waals surface area contributed by atoms with E-state index >= 15 is 0 Å². The summed E-state index contributed by atoms with van der Waals surface area (Å²) in [4.78, 5) is 16.5. The van der Waals surface area contributed by atoms with Gasteiger partial charge in [0.25, 0.3) is 5.91 Å². The van der Waals surface area contributed by atoms with Crippen LogP contribution < -0.4 is 16.0 Å². The predicted molar refractivity (Wildman–Crippen MR) is 108 cm³/mol. The number of carbonyl (C=O) groups is 1. The predicted octanol–water partition coefficient (Wildman–Crippen LogP) is 3.35. The fourth-order valence-electron chi connectivity index (χ4n) is 2.41. The molecule has 6 heteroatoms. The van der Waals surface area contributed by atoms with Crippen LogP contribution >= 0.6 is 11.6 Å². The van der Waals surface area contributed by atoms with E-state index in [2.05, 4.69) is 20.9 Å². The zero-order chi connectivity index (χ0) is 18.8. The van der Waals surface area contributed by atoms with Gasteiger partial charge in [0, 0.05) is 30.2 Å². The number of nitrogens with zero attached hydrogens (tertiary/aromatic N) is 1. The molecule has 0 aliphatic rings. The standard InChI is InChI=1S/C20H25ClN4O/c1-3-22-19(26)16-10-7-8-15(12-16)13-24-20(23-4-2)25-14-17-9-5-6-11-18(17)21/h5-12H,3-4,13-14H2,1-2H3,(H,22,26)(H2,23,24,25). The first-order valence-electron chi connectivity index (χ1n) is 8.76. The van der Waals surface area contributed by atoms with Crippen LogP contribution in [0.15, 0.2) is 53.5 Å². The smallest absolute Gasteiger partial charge is 0.251 e. The summed E-state index contributed by atoms with van der Waals surface area (Å²) in [5.41, 5.74) is 2.63. The molecule has 3 N–H and O–H groups in total. The van der Waals surface area contributed by atoms with Crippen LogP contribution in [-0.2, 0) is 13.1 Å². The molecule has 2 aromatic carbocycles. The van der Waals surface area contributed by atoms with E-state index in [4.69, 9.17) is 11.6 Å². The fraction of sp³-hybridized carbons (Fsp3) is 0.300. The van der Waals surface area contributed by atoms with Gasteiger partial charge in [-0.1, -0.05) is 41.9 Å². The van der Waals surface area contributed by atoms with Crippen LogP contribution in [0, 0.1) is 0 Å². The summed E-state index contributed by atoms with van der Waals surface area (Å²) in [7, 11) is 0. The summed E-state index contributed by atoms with van der Waals surface area (Å²) in [5, 5.41) is 10.0. The summed E-state index contributed by atoms with van der Waals surface area (Å²) >= 11 is 6.19. The van der Waals surface area contributed by atoms with Crippen molar-refractivity contribution in [1.29, 1.82) is 0 Å². The Morgan fingerprint density at radius 3 is 2.50 bits per heavy atom. The van der Waals surface area contributed by atoms with Gasteiger partial charge >= 0.3 is 0 Å². The first-order chi connectivity index (χ1) is 12.6. The summed E-state index contributed by atoms with van der Waals surface area (Å²) < 4.78 is 0. The first kappa shape index (κ1) is 19.8. The van der Waals surface area contributed by atoms with Crippen molar-refractivity contribution in [2.45, 2.75) is 26.9 Å². The van der Waals surface area contributed by atoms with E-state index in [0.29, 0.717) is 31.2 Å². The highest BCUT2D eigenvalue weighted by atomic mass is 35.5. The normalized spacial score (nSPS) is 11.1. The highest BCUT2D eigenvalue weighted by Gasteiger charge is 2.05. The molecule has 1 amide bonds. The maximum Gasteiger partial charge on any atom is 0.251 e. The Labute approximate surface area is 159 Å². The van der Waals surface area contributed by atoms with Crippen LogP contribution in [0.3, 0.4) is 0 Å². The van der Waals surface area contributed by atoms with Crippen LogP contribution in [0.25, 0.3) is 0 Å². The lowest BCUT2D eigenvalue weighted by Crippen LogP contribution is -2.36. The minimum Gasteiger partial charge on any atom is -0.357 e. The minimum atomic E-state index is -0.0675. The van der Waals surface area contributed by atoms with Gasteiger partial charge < -0.3 is 16.0 Å². The third-order valence-corrected chi connectivity index (χ3v) is 4.06. The Morgan fingerprint density at radius 1 is 1.00 bits per heavy atom. The van der Waals surface area contributed by atoms with E-state index in [1.165, 1.54) is 0 Å². The molecule has 0 bridgehead atoms. The fourth-order valence-corrected chi connectivity index (χ4v) is 2.61. The molecule has 138 valence electrons. The lowest BCUT2D eigenvalue weighted by Gasteiger charge is -2.12. The topological polar surface area (TPSA) is 65.5 Å². The van der Waals surface area contributed by atoms with Crippen LogP contribution in [0.4, 0.5) is 0 Å². The number of aliphatic imine (C=N–C) groups is 1. The second-order valence-electron chi connectivity index (χ2n) is 5.70. The quantitative estimate of drug-likeness (QED) is 0.516. The number of amides is 1. The van der Waals surface area contributed by atoms with Crippen molar-refractivity contribution in [3.05, 3.63) is 70.2 Å². The molecule has 0 unspecified atom stereocenters. The number of hydrogen-bond acceptors (Lipinski definition) is 2. The van der Waals surface area contributed by atoms with Gasteiger partial charge in [-0.2, -0.15) is 0 Å². The molecule has 0 spiro atoms. The van der Waals surface area contributed by atoms with E-state index in [-0.39, 0.29) is 5.91 Å².